The third-order valence-electron chi connectivity index (χ3n) is 18.0. The molecule has 0 aromatic heterocycles. The van der Waals surface area contributed by atoms with Crippen molar-refractivity contribution in [3.63, 3.8) is 0 Å². The first-order chi connectivity index (χ1) is 46.5. The molecule has 0 aliphatic carbocycles. The lowest BCUT2D eigenvalue weighted by Crippen LogP contribution is -2.30. The molecule has 0 amide bonds. The molecule has 0 aromatic rings. The molecule has 2 unspecified atom stereocenters. The van der Waals surface area contributed by atoms with Gasteiger partial charge in [-0.1, -0.05) is 356 Å². The summed E-state index contributed by atoms with van der Waals surface area (Å²) in [5, 5.41) is 10.6. The van der Waals surface area contributed by atoms with Crippen molar-refractivity contribution in [2.75, 3.05) is 39.6 Å². The highest BCUT2D eigenvalue weighted by Gasteiger charge is 2.30. The van der Waals surface area contributed by atoms with Crippen molar-refractivity contribution in [2.24, 2.45) is 5.92 Å². The van der Waals surface area contributed by atoms with Crippen molar-refractivity contribution < 1.29 is 80.2 Å². The molecule has 0 spiro atoms. The van der Waals surface area contributed by atoms with Crippen molar-refractivity contribution >= 4 is 39.5 Å². The molecule has 570 valence electrons. The van der Waals surface area contributed by atoms with E-state index in [9.17, 15) is 43.2 Å². The number of carbonyl (C=O) groups excluding carboxylic acids is 4. The molecule has 0 bridgehead atoms. The SMILES string of the molecule is CCCCCCCCCCCCCCCCCCCCCCC(=O)O[C@H](COC(=O)CCCCCCCCCCCCCCCCCC)COP(=O)(O)OC[C@@H](O)COP(=O)(O)OC[C@@H](COC(=O)CCCCCCCCCCCC)OC(=O)CCCCCCCCCC(C)C. The molecule has 0 saturated carbocycles. The number of aliphatic hydroxyl groups is 1. The number of phosphoric acid groups is 2. The average molecular weight is 1410 g/mol. The molecule has 0 aliphatic rings. The van der Waals surface area contributed by atoms with Crippen LogP contribution in [0.3, 0.4) is 0 Å². The van der Waals surface area contributed by atoms with E-state index in [4.69, 9.17) is 37.0 Å². The largest absolute Gasteiger partial charge is 0.472 e. The Hall–Kier alpha value is -1.94. The molecule has 5 atom stereocenters. The average Bonchev–Trinajstić information content (AvgIpc) is 1.19. The van der Waals surface area contributed by atoms with Crippen LogP contribution in [-0.4, -0.2) is 96.7 Å². The van der Waals surface area contributed by atoms with E-state index in [-0.39, 0.29) is 25.7 Å². The summed E-state index contributed by atoms with van der Waals surface area (Å²) in [6, 6.07) is 0. The van der Waals surface area contributed by atoms with Crippen LogP contribution < -0.4 is 0 Å². The maximum atomic E-state index is 13.1. The summed E-state index contributed by atoms with van der Waals surface area (Å²) < 4.78 is 68.5. The van der Waals surface area contributed by atoms with Gasteiger partial charge >= 0.3 is 39.5 Å². The van der Waals surface area contributed by atoms with E-state index in [2.05, 4.69) is 34.6 Å². The maximum Gasteiger partial charge on any atom is 0.472 e. The fraction of sp³-hybridized carbons (Fsp3) is 0.948. The van der Waals surface area contributed by atoms with Gasteiger partial charge in [-0.3, -0.25) is 37.3 Å². The molecule has 96 heavy (non-hydrogen) atoms. The van der Waals surface area contributed by atoms with Crippen molar-refractivity contribution in [3.05, 3.63) is 0 Å². The number of rotatable bonds is 77. The standard InChI is InChI=1S/C77H150O17P2/c1-6-9-12-15-18-21-24-26-28-30-31-32-33-35-37-39-42-47-52-57-62-76(81)93-72(66-88-75(80)61-56-51-46-41-38-36-34-29-27-25-22-19-16-13-10-7-2)68-91-95(83,84)89-64-71(78)65-90-96(85,86)92-69-73(94-77(82)63-58-53-48-43-44-49-54-59-70(4)5)67-87-74(79)60-55-50-45-40-23-20-17-14-11-8-3/h70-73,78H,6-69H2,1-5H3,(H,83,84)(H,85,86)/t71-,72-,73-/m1/s1. The number of phosphoric ester groups is 2. The van der Waals surface area contributed by atoms with Gasteiger partial charge in [0.25, 0.3) is 0 Å². The van der Waals surface area contributed by atoms with Gasteiger partial charge in [0.05, 0.1) is 26.4 Å². The fourth-order valence-corrected chi connectivity index (χ4v) is 13.5. The van der Waals surface area contributed by atoms with Crippen LogP contribution in [0.25, 0.3) is 0 Å². The lowest BCUT2D eigenvalue weighted by Gasteiger charge is -2.21. The molecule has 3 N–H and O–H groups in total. The van der Waals surface area contributed by atoms with E-state index < -0.39 is 97.5 Å². The molecule has 0 aliphatic heterocycles. The first kappa shape index (κ1) is 94.1. The predicted molar refractivity (Wildman–Crippen MR) is 391 cm³/mol. The smallest absolute Gasteiger partial charge is 0.462 e. The predicted octanol–water partition coefficient (Wildman–Crippen LogP) is 22.9. The third-order valence-corrected chi connectivity index (χ3v) is 19.9. The summed E-state index contributed by atoms with van der Waals surface area (Å²) in [5.74, 6) is -1.42. The zero-order valence-corrected chi connectivity index (χ0v) is 64.3. The highest BCUT2D eigenvalue weighted by Crippen LogP contribution is 2.45. The Bertz CT molecular complexity index is 1840. The van der Waals surface area contributed by atoms with Gasteiger partial charge in [-0.25, -0.2) is 9.13 Å². The van der Waals surface area contributed by atoms with Crippen molar-refractivity contribution in [1.29, 1.82) is 0 Å². The minimum atomic E-state index is -4.96. The van der Waals surface area contributed by atoms with Gasteiger partial charge < -0.3 is 33.8 Å². The second-order valence-corrected chi connectivity index (χ2v) is 31.1. The molecule has 0 aromatic carbocycles. The summed E-state index contributed by atoms with van der Waals surface area (Å²) >= 11 is 0. The Morgan fingerprint density at radius 3 is 0.708 bits per heavy atom. The van der Waals surface area contributed by atoms with Crippen LogP contribution in [0.15, 0.2) is 0 Å². The second kappa shape index (κ2) is 70.1. The summed E-state index contributed by atoms with van der Waals surface area (Å²) in [6.45, 7) is 7.23. The molecule has 17 nitrogen and oxygen atoms in total. The van der Waals surface area contributed by atoms with Gasteiger partial charge in [-0.15, -0.1) is 0 Å². The van der Waals surface area contributed by atoms with E-state index in [1.54, 1.807) is 0 Å². The van der Waals surface area contributed by atoms with E-state index in [1.165, 1.54) is 231 Å². The van der Waals surface area contributed by atoms with Gasteiger partial charge in [-0.2, -0.15) is 0 Å². The van der Waals surface area contributed by atoms with Crippen LogP contribution in [0.2, 0.25) is 0 Å². The number of esters is 4. The maximum absolute atomic E-state index is 13.1. The highest BCUT2D eigenvalue weighted by molar-refractivity contribution is 7.47. The van der Waals surface area contributed by atoms with Crippen LogP contribution >= 0.6 is 15.6 Å². The summed E-state index contributed by atoms with van der Waals surface area (Å²) in [4.78, 5) is 72.8. The third kappa shape index (κ3) is 70.5. The zero-order chi connectivity index (χ0) is 70.5. The van der Waals surface area contributed by atoms with Crippen LogP contribution in [-0.2, 0) is 65.4 Å². The van der Waals surface area contributed by atoms with Crippen LogP contribution in [0.4, 0.5) is 0 Å². The second-order valence-electron chi connectivity index (χ2n) is 28.2. The van der Waals surface area contributed by atoms with Gasteiger partial charge in [-0.05, 0) is 31.6 Å². The number of hydrogen-bond acceptors (Lipinski definition) is 15. The summed E-state index contributed by atoms with van der Waals surface area (Å²) in [6.07, 6.45) is 59.8. The molecule has 0 rings (SSSR count). The van der Waals surface area contributed by atoms with Crippen LogP contribution in [0.1, 0.15) is 407 Å². The normalized spacial score (nSPS) is 13.9. The van der Waals surface area contributed by atoms with Gasteiger partial charge in [0, 0.05) is 25.7 Å². The summed E-state index contributed by atoms with van der Waals surface area (Å²) in [5.41, 5.74) is 0. The lowest BCUT2D eigenvalue weighted by atomic mass is 10.0. The van der Waals surface area contributed by atoms with Crippen molar-refractivity contribution in [1.82, 2.24) is 0 Å². The first-order valence-corrected chi connectivity index (χ1v) is 43.1. The van der Waals surface area contributed by atoms with Crippen LogP contribution in [0.5, 0.6) is 0 Å². The highest BCUT2D eigenvalue weighted by atomic mass is 31.2. The Morgan fingerprint density at radius 1 is 0.281 bits per heavy atom. The Labute approximate surface area is 588 Å². The Morgan fingerprint density at radius 2 is 0.479 bits per heavy atom. The van der Waals surface area contributed by atoms with Crippen LogP contribution in [0, 0.1) is 5.92 Å². The molecule has 0 saturated heterocycles. The first-order valence-electron chi connectivity index (χ1n) is 40.1. The Kier molecular flexibility index (Phi) is 68.7. The van der Waals surface area contributed by atoms with Gasteiger partial charge in [0.1, 0.15) is 19.3 Å². The molecule has 0 fully saturated rings. The number of hydrogen-bond donors (Lipinski definition) is 3. The lowest BCUT2D eigenvalue weighted by molar-refractivity contribution is -0.161. The summed E-state index contributed by atoms with van der Waals surface area (Å²) in [7, 11) is -9.91. The molecule has 0 heterocycles. The fourth-order valence-electron chi connectivity index (χ4n) is 11.9. The monoisotopic (exact) mass is 1410 g/mol. The molecule has 19 heteroatoms. The van der Waals surface area contributed by atoms with E-state index >= 15 is 0 Å². The number of ether oxygens (including phenoxy) is 4. The van der Waals surface area contributed by atoms with Crippen molar-refractivity contribution in [3.8, 4) is 0 Å². The van der Waals surface area contributed by atoms with E-state index in [1.807, 2.05) is 0 Å². The minimum absolute atomic E-state index is 0.104. The topological polar surface area (TPSA) is 237 Å². The molecular weight excluding hydrogens is 1260 g/mol. The van der Waals surface area contributed by atoms with E-state index in [0.29, 0.717) is 31.6 Å². The van der Waals surface area contributed by atoms with Gasteiger partial charge in [0.2, 0.25) is 0 Å². The Balaban J connectivity index is 5.20. The van der Waals surface area contributed by atoms with Gasteiger partial charge in [0.15, 0.2) is 12.2 Å². The molecular formula is C77H150O17P2. The molecule has 0 radical (unpaired) electrons. The zero-order valence-electron chi connectivity index (χ0n) is 62.5. The number of unbranched alkanes of at least 4 members (excludes halogenated alkanes) is 49. The van der Waals surface area contributed by atoms with Crippen molar-refractivity contribution in [2.45, 2.75) is 425 Å². The quantitative estimate of drug-likeness (QED) is 0.0222. The van der Waals surface area contributed by atoms with E-state index in [0.717, 1.165) is 89.9 Å². The minimum Gasteiger partial charge on any atom is -0.462 e. The number of carbonyl (C=O) groups is 4. The number of aliphatic hydroxyl groups excluding tert-OH is 1.